The number of allylic oxidation sites excluding steroid dienone is 6. The first-order chi connectivity index (χ1) is 35.2. The number of esters is 3. The zero-order valence-electron chi connectivity index (χ0n) is 46.7. The van der Waals surface area contributed by atoms with Crippen LogP contribution in [0.5, 0.6) is 0 Å². The van der Waals surface area contributed by atoms with Gasteiger partial charge in [0.2, 0.25) is 0 Å². The molecule has 72 heavy (non-hydrogen) atoms. The molecule has 0 aromatic rings. The summed E-state index contributed by atoms with van der Waals surface area (Å²) in [7, 11) is -4.75. The monoisotopic (exact) mass is 1040 g/mol. The number of hydrogen-bond donors (Lipinski definition) is 2. The Morgan fingerprint density at radius 1 is 0.389 bits per heavy atom. The number of aliphatic hydroxyl groups excluding tert-OH is 1. The third kappa shape index (κ3) is 52.6. The van der Waals surface area contributed by atoms with E-state index in [2.05, 4.69) is 57.2 Å². The van der Waals surface area contributed by atoms with Crippen molar-refractivity contribution in [3.63, 3.8) is 0 Å². The summed E-state index contributed by atoms with van der Waals surface area (Å²) in [6.07, 6.45) is 56.6. The van der Waals surface area contributed by atoms with E-state index in [1.165, 1.54) is 141 Å². The predicted molar refractivity (Wildman–Crippen MR) is 298 cm³/mol. The van der Waals surface area contributed by atoms with E-state index in [4.69, 9.17) is 23.3 Å². The molecule has 0 bridgehead atoms. The lowest BCUT2D eigenvalue weighted by molar-refractivity contribution is -0.161. The normalized spacial score (nSPS) is 13.6. The van der Waals surface area contributed by atoms with Gasteiger partial charge in [-0.1, -0.05) is 231 Å². The van der Waals surface area contributed by atoms with Gasteiger partial charge in [-0.3, -0.25) is 23.4 Å². The molecule has 0 spiro atoms. The number of phosphoric acid groups is 1. The Morgan fingerprint density at radius 3 is 1.07 bits per heavy atom. The molecule has 0 radical (unpaired) electrons. The summed E-state index contributed by atoms with van der Waals surface area (Å²) < 4.78 is 39.5. The molecular weight excluding hydrogens is 928 g/mol. The second kappa shape index (κ2) is 54.9. The van der Waals surface area contributed by atoms with Crippen LogP contribution in [0.1, 0.15) is 290 Å². The Hall–Kier alpha value is -2.30. The summed E-state index contributed by atoms with van der Waals surface area (Å²) >= 11 is 0. The van der Waals surface area contributed by atoms with E-state index in [0.29, 0.717) is 19.3 Å². The highest BCUT2D eigenvalue weighted by molar-refractivity contribution is 7.47. The number of carbonyl (C=O) groups is 3. The molecule has 2 N–H and O–H groups in total. The number of ether oxygens (including phenoxy) is 3. The minimum absolute atomic E-state index is 0.163. The van der Waals surface area contributed by atoms with Crippen LogP contribution in [0.15, 0.2) is 36.5 Å². The van der Waals surface area contributed by atoms with Gasteiger partial charge in [-0.25, -0.2) is 4.57 Å². The van der Waals surface area contributed by atoms with Crippen LogP contribution in [0.4, 0.5) is 0 Å². The van der Waals surface area contributed by atoms with E-state index in [0.717, 1.165) is 89.9 Å². The Kier molecular flexibility index (Phi) is 53.2. The highest BCUT2D eigenvalue weighted by atomic mass is 31.2. The maximum Gasteiger partial charge on any atom is 0.472 e. The van der Waals surface area contributed by atoms with Gasteiger partial charge in [-0.15, -0.1) is 0 Å². The first kappa shape index (κ1) is 69.7. The number of rotatable bonds is 56. The maximum absolute atomic E-state index is 12.9. The van der Waals surface area contributed by atoms with Gasteiger partial charge in [0.25, 0.3) is 0 Å². The summed E-state index contributed by atoms with van der Waals surface area (Å²) in [5.74, 6) is -1.47. The molecule has 0 amide bonds. The second-order valence-electron chi connectivity index (χ2n) is 20.2. The van der Waals surface area contributed by atoms with Gasteiger partial charge in [0, 0.05) is 19.3 Å². The maximum atomic E-state index is 12.9. The van der Waals surface area contributed by atoms with Crippen LogP contribution in [0, 0.1) is 0 Å². The lowest BCUT2D eigenvalue weighted by Crippen LogP contribution is -2.30. The molecule has 0 fully saturated rings. The van der Waals surface area contributed by atoms with E-state index in [-0.39, 0.29) is 25.9 Å². The SMILES string of the molecule is CCCCC/C=C\C/C=C\CCCCCCCC(=O)OCC(COP(=O)(O)OCC(CO)OC(=O)CCCCCCCCCCCCCCC)OC(=O)CCCCCCCCC/C=C\CCCCCCCC. The minimum Gasteiger partial charge on any atom is -0.462 e. The molecule has 0 rings (SSSR count). The van der Waals surface area contributed by atoms with E-state index >= 15 is 0 Å². The van der Waals surface area contributed by atoms with E-state index in [1.807, 2.05) is 0 Å². The van der Waals surface area contributed by atoms with Gasteiger partial charge in [-0.05, 0) is 77.0 Å². The van der Waals surface area contributed by atoms with E-state index < -0.39 is 57.8 Å². The summed E-state index contributed by atoms with van der Waals surface area (Å²) in [6, 6.07) is 0. The molecule has 11 nitrogen and oxygen atoms in total. The molecule has 0 aliphatic rings. The van der Waals surface area contributed by atoms with Crippen LogP contribution >= 0.6 is 7.82 Å². The quantitative estimate of drug-likeness (QED) is 0.0197. The van der Waals surface area contributed by atoms with Gasteiger partial charge in [0.15, 0.2) is 6.10 Å². The molecule has 3 atom stereocenters. The predicted octanol–water partition coefficient (Wildman–Crippen LogP) is 17.6. The topological polar surface area (TPSA) is 155 Å². The molecule has 0 aromatic carbocycles. The third-order valence-corrected chi connectivity index (χ3v) is 14.0. The zero-order valence-corrected chi connectivity index (χ0v) is 47.6. The van der Waals surface area contributed by atoms with Crippen LogP contribution < -0.4 is 0 Å². The number of phosphoric ester groups is 1. The number of carbonyl (C=O) groups excluding carboxylic acids is 3. The summed E-state index contributed by atoms with van der Waals surface area (Å²) in [5, 5.41) is 9.81. The zero-order chi connectivity index (χ0) is 52.7. The van der Waals surface area contributed by atoms with Gasteiger partial charge in [-0.2, -0.15) is 0 Å². The first-order valence-corrected chi connectivity index (χ1v) is 31.4. The molecule has 0 saturated heterocycles. The summed E-state index contributed by atoms with van der Waals surface area (Å²) in [4.78, 5) is 48.6. The Bertz CT molecular complexity index is 1350. The van der Waals surface area contributed by atoms with E-state index in [1.54, 1.807) is 0 Å². The van der Waals surface area contributed by atoms with Crippen molar-refractivity contribution in [2.45, 2.75) is 303 Å². The van der Waals surface area contributed by atoms with Crippen molar-refractivity contribution in [3.05, 3.63) is 36.5 Å². The average Bonchev–Trinajstić information content (AvgIpc) is 3.37. The second-order valence-corrected chi connectivity index (χ2v) is 21.6. The van der Waals surface area contributed by atoms with Crippen molar-refractivity contribution >= 4 is 25.7 Å². The van der Waals surface area contributed by atoms with Crippen LogP contribution in [-0.2, 0) is 42.2 Å². The Balaban J connectivity index is 4.72. The van der Waals surface area contributed by atoms with Crippen LogP contribution in [0.25, 0.3) is 0 Å². The molecule has 0 saturated carbocycles. The fourth-order valence-corrected chi connectivity index (χ4v) is 9.23. The first-order valence-electron chi connectivity index (χ1n) is 29.9. The molecule has 0 heterocycles. The number of unbranched alkanes of at least 4 members (excludes halogenated alkanes) is 33. The van der Waals surface area contributed by atoms with Crippen molar-refractivity contribution in [3.8, 4) is 0 Å². The molecule has 0 aromatic heterocycles. The third-order valence-electron chi connectivity index (χ3n) is 13.0. The van der Waals surface area contributed by atoms with Crippen LogP contribution in [-0.4, -0.2) is 66.5 Å². The lowest BCUT2D eigenvalue weighted by atomic mass is 10.0. The van der Waals surface area contributed by atoms with Crippen molar-refractivity contribution in [1.29, 1.82) is 0 Å². The van der Waals surface area contributed by atoms with Gasteiger partial charge < -0.3 is 24.2 Å². The fourth-order valence-electron chi connectivity index (χ4n) is 8.44. The molecule has 422 valence electrons. The number of hydrogen-bond acceptors (Lipinski definition) is 10. The highest BCUT2D eigenvalue weighted by Crippen LogP contribution is 2.43. The summed E-state index contributed by atoms with van der Waals surface area (Å²) in [6.45, 7) is 4.64. The highest BCUT2D eigenvalue weighted by Gasteiger charge is 2.28. The van der Waals surface area contributed by atoms with Crippen LogP contribution in [0.2, 0.25) is 0 Å². The van der Waals surface area contributed by atoms with Crippen LogP contribution in [0.3, 0.4) is 0 Å². The average molecular weight is 1040 g/mol. The Morgan fingerprint density at radius 2 is 0.681 bits per heavy atom. The molecule has 12 heteroatoms. The van der Waals surface area contributed by atoms with E-state index in [9.17, 15) is 28.9 Å². The molecule has 0 aliphatic heterocycles. The molecule has 0 aliphatic carbocycles. The Labute approximate surface area is 441 Å². The summed E-state index contributed by atoms with van der Waals surface area (Å²) in [5.41, 5.74) is 0. The van der Waals surface area contributed by atoms with Crippen molar-refractivity contribution in [2.24, 2.45) is 0 Å². The molecular formula is C60H111O11P. The lowest BCUT2D eigenvalue weighted by Gasteiger charge is -2.21. The largest absolute Gasteiger partial charge is 0.472 e. The standard InChI is InChI=1S/C60H111O11P/c1-4-7-10-13-16-19-22-25-27-28-30-33-36-39-42-45-48-51-60(64)71-57(53-67-58(62)49-46-43-40-37-34-32-29-26-23-20-17-14-11-8-5-2)55-69-72(65,66)68-54-56(52-61)70-59(63)50-47-44-41-38-35-31-24-21-18-15-12-9-6-3/h17,20,25-27,29,56-57,61H,4-16,18-19,21-24,28,30-55H2,1-3H3,(H,65,66)/b20-17-,27-25-,29-26-. The van der Waals surface area contributed by atoms with Gasteiger partial charge >= 0.3 is 25.7 Å². The van der Waals surface area contributed by atoms with Crippen molar-refractivity contribution < 1.29 is 52.2 Å². The van der Waals surface area contributed by atoms with Gasteiger partial charge in [0.1, 0.15) is 12.7 Å². The van der Waals surface area contributed by atoms with Gasteiger partial charge in [0.05, 0.1) is 19.8 Å². The molecule has 3 unspecified atom stereocenters. The minimum atomic E-state index is -4.75. The smallest absolute Gasteiger partial charge is 0.462 e. The number of aliphatic hydroxyl groups is 1. The van der Waals surface area contributed by atoms with Crippen molar-refractivity contribution in [2.75, 3.05) is 26.4 Å². The fraction of sp³-hybridized carbons (Fsp3) is 0.850. The van der Waals surface area contributed by atoms with Crippen molar-refractivity contribution in [1.82, 2.24) is 0 Å².